The van der Waals surface area contributed by atoms with Crippen molar-refractivity contribution in [3.63, 3.8) is 0 Å². The molecule has 1 rings (SSSR count). The van der Waals surface area contributed by atoms with Crippen molar-refractivity contribution in [3.8, 4) is 0 Å². The van der Waals surface area contributed by atoms with Gasteiger partial charge in [-0.2, -0.15) is 0 Å². The van der Waals surface area contributed by atoms with E-state index >= 15 is 0 Å². The highest BCUT2D eigenvalue weighted by molar-refractivity contribution is 9.10. The summed E-state index contributed by atoms with van der Waals surface area (Å²) in [5.41, 5.74) is 1.03. The van der Waals surface area contributed by atoms with E-state index in [0.717, 1.165) is 10.0 Å². The van der Waals surface area contributed by atoms with Gasteiger partial charge in [0.1, 0.15) is 0 Å². The zero-order chi connectivity index (χ0) is 14.3. The third-order valence-electron chi connectivity index (χ3n) is 2.69. The van der Waals surface area contributed by atoms with E-state index in [9.17, 15) is 9.59 Å². The van der Waals surface area contributed by atoms with Crippen LogP contribution < -0.4 is 16.0 Å². The van der Waals surface area contributed by atoms with Gasteiger partial charge in [0.05, 0.1) is 6.04 Å². The normalized spacial score (nSPS) is 11.7. The fraction of sp³-hybridized carbons (Fsp3) is 0.385. The van der Waals surface area contributed by atoms with Crippen molar-refractivity contribution < 1.29 is 14.9 Å². The number of nitrogens with two attached hydrogens (primary N) is 1. The van der Waals surface area contributed by atoms with Gasteiger partial charge >= 0.3 is 0 Å². The van der Waals surface area contributed by atoms with E-state index in [-0.39, 0.29) is 30.9 Å². The second-order valence-electron chi connectivity index (χ2n) is 4.18. The van der Waals surface area contributed by atoms with Crippen LogP contribution in [0.25, 0.3) is 0 Å². The number of hydrogen-bond donors (Lipinski definition) is 3. The van der Waals surface area contributed by atoms with E-state index in [1.807, 2.05) is 31.2 Å². The van der Waals surface area contributed by atoms with Crippen LogP contribution in [-0.2, 0) is 9.59 Å². The van der Waals surface area contributed by atoms with E-state index in [2.05, 4.69) is 26.6 Å². The molecule has 0 saturated heterocycles. The highest BCUT2D eigenvalue weighted by Crippen LogP contribution is 2.22. The van der Waals surface area contributed by atoms with Gasteiger partial charge in [0.15, 0.2) is 13.1 Å². The Morgan fingerprint density at radius 1 is 1.26 bits per heavy atom. The molecule has 0 unspecified atom stereocenters. The van der Waals surface area contributed by atoms with Crippen LogP contribution in [0.4, 0.5) is 0 Å². The van der Waals surface area contributed by atoms with Crippen LogP contribution in [0.1, 0.15) is 18.5 Å². The molecular weight excluding hydrogens is 310 g/mol. The average molecular weight is 329 g/mol. The molecular formula is C13H19BrN3O2+. The molecule has 0 radical (unpaired) electrons. The van der Waals surface area contributed by atoms with Crippen molar-refractivity contribution in [2.24, 2.45) is 0 Å². The molecule has 0 aliphatic carbocycles. The number of carbonyl (C=O) groups is 2. The lowest BCUT2D eigenvalue weighted by Crippen LogP contribution is -2.88. The van der Waals surface area contributed by atoms with Gasteiger partial charge in [-0.25, -0.2) is 0 Å². The van der Waals surface area contributed by atoms with Gasteiger partial charge in [-0.1, -0.05) is 34.1 Å². The molecule has 1 aromatic rings. The van der Waals surface area contributed by atoms with E-state index < -0.39 is 0 Å². The Bertz CT molecular complexity index is 451. The summed E-state index contributed by atoms with van der Waals surface area (Å²) in [5, 5.41) is 7.07. The summed E-state index contributed by atoms with van der Waals surface area (Å²) in [7, 11) is 1.57. The van der Waals surface area contributed by atoms with Gasteiger partial charge < -0.3 is 16.0 Å². The fourth-order valence-electron chi connectivity index (χ4n) is 1.64. The third-order valence-corrected chi connectivity index (χ3v) is 3.41. The number of carbonyl (C=O) groups excluding carboxylic acids is 2. The number of quaternary nitrogens is 1. The lowest BCUT2D eigenvalue weighted by atomic mass is 10.1. The van der Waals surface area contributed by atoms with Crippen molar-refractivity contribution in [2.45, 2.75) is 13.0 Å². The smallest absolute Gasteiger partial charge is 0.275 e. The van der Waals surface area contributed by atoms with Gasteiger partial charge in [-0.15, -0.1) is 0 Å². The molecule has 0 aliphatic heterocycles. The Hall–Kier alpha value is -1.40. The van der Waals surface area contributed by atoms with Gasteiger partial charge in [0.25, 0.3) is 11.8 Å². The minimum absolute atomic E-state index is 0.0727. The largest absolute Gasteiger partial charge is 0.354 e. The van der Waals surface area contributed by atoms with Crippen LogP contribution in [-0.4, -0.2) is 32.0 Å². The van der Waals surface area contributed by atoms with E-state index in [1.165, 1.54) is 0 Å². The molecule has 0 bridgehead atoms. The number of benzene rings is 1. The molecule has 5 nitrogen and oxygen atoms in total. The molecule has 4 N–H and O–H groups in total. The number of hydrogen-bond acceptors (Lipinski definition) is 2. The van der Waals surface area contributed by atoms with Gasteiger partial charge in [0.2, 0.25) is 0 Å². The average Bonchev–Trinajstić information content (AvgIpc) is 2.38. The second-order valence-corrected chi connectivity index (χ2v) is 5.04. The maximum absolute atomic E-state index is 11.7. The minimum Gasteiger partial charge on any atom is -0.354 e. The minimum atomic E-state index is -0.0911. The predicted molar refractivity (Wildman–Crippen MR) is 76.4 cm³/mol. The molecule has 0 aromatic heterocycles. The lowest BCUT2D eigenvalue weighted by molar-refractivity contribution is -0.633. The highest BCUT2D eigenvalue weighted by atomic mass is 79.9. The Kier molecular flexibility index (Phi) is 6.52. The van der Waals surface area contributed by atoms with Crippen molar-refractivity contribution >= 4 is 27.7 Å². The zero-order valence-corrected chi connectivity index (χ0v) is 12.7. The Balaban J connectivity index is 2.40. The summed E-state index contributed by atoms with van der Waals surface area (Å²) in [4.78, 5) is 22.7. The molecule has 0 fully saturated rings. The molecule has 0 aliphatic rings. The molecule has 0 heterocycles. The predicted octanol–water partition coefficient (Wildman–Crippen LogP) is -0.0643. The first-order valence-corrected chi connectivity index (χ1v) is 6.90. The van der Waals surface area contributed by atoms with Crippen molar-refractivity contribution in [1.82, 2.24) is 10.6 Å². The maximum Gasteiger partial charge on any atom is 0.275 e. The van der Waals surface area contributed by atoms with Crippen LogP contribution in [0.3, 0.4) is 0 Å². The van der Waals surface area contributed by atoms with Crippen molar-refractivity contribution in [2.75, 3.05) is 20.1 Å². The van der Waals surface area contributed by atoms with E-state index in [1.54, 1.807) is 12.4 Å². The van der Waals surface area contributed by atoms with Crippen LogP contribution >= 0.6 is 15.9 Å². The number of nitrogens with one attached hydrogen (secondary N) is 2. The van der Waals surface area contributed by atoms with Crippen LogP contribution in [0.15, 0.2) is 28.7 Å². The standard InChI is InChI=1S/C13H18BrN3O2/c1-9(10-5-3-4-6-11(10)14)17-13(19)8-16-7-12(18)15-2/h3-6,9,16H,7-8H2,1-2H3,(H,15,18)(H,17,19)/p+1/t9-/m1/s1. The van der Waals surface area contributed by atoms with Gasteiger partial charge in [0, 0.05) is 11.5 Å². The monoisotopic (exact) mass is 328 g/mol. The molecule has 104 valence electrons. The van der Waals surface area contributed by atoms with Gasteiger partial charge in [-0.3, -0.25) is 9.59 Å². The molecule has 0 spiro atoms. The third kappa shape index (κ3) is 5.40. The maximum atomic E-state index is 11.7. The van der Waals surface area contributed by atoms with Crippen LogP contribution in [0.2, 0.25) is 0 Å². The number of rotatable bonds is 6. The number of likely N-dealkylation sites (N-methyl/N-ethyl adjacent to an activating group) is 1. The summed E-state index contributed by atoms with van der Waals surface area (Å²) in [5.74, 6) is -0.182. The first-order chi connectivity index (χ1) is 9.04. The molecule has 0 saturated carbocycles. The second kappa shape index (κ2) is 7.91. The van der Waals surface area contributed by atoms with Crippen LogP contribution in [0.5, 0.6) is 0 Å². The quantitative estimate of drug-likeness (QED) is 0.684. The SMILES string of the molecule is CNC(=O)C[NH2+]CC(=O)N[C@H](C)c1ccccc1Br. The number of halogens is 1. The number of amides is 2. The molecule has 1 aromatic carbocycles. The highest BCUT2D eigenvalue weighted by Gasteiger charge is 2.13. The molecule has 19 heavy (non-hydrogen) atoms. The summed E-state index contributed by atoms with van der Waals surface area (Å²) in [6.07, 6.45) is 0. The summed E-state index contributed by atoms with van der Waals surface area (Å²) < 4.78 is 0.970. The lowest BCUT2D eigenvalue weighted by Gasteiger charge is -2.15. The van der Waals surface area contributed by atoms with E-state index in [0.29, 0.717) is 0 Å². The van der Waals surface area contributed by atoms with Gasteiger partial charge in [-0.05, 0) is 18.6 Å². The first kappa shape index (κ1) is 15.7. The molecule has 6 heteroatoms. The topological polar surface area (TPSA) is 74.8 Å². The van der Waals surface area contributed by atoms with Crippen LogP contribution in [0, 0.1) is 0 Å². The molecule has 2 amide bonds. The van der Waals surface area contributed by atoms with Crippen molar-refractivity contribution in [1.29, 1.82) is 0 Å². The summed E-state index contributed by atoms with van der Waals surface area (Å²) in [6.45, 7) is 2.42. The first-order valence-electron chi connectivity index (χ1n) is 6.10. The fourth-order valence-corrected chi connectivity index (χ4v) is 2.27. The Labute approximate surface area is 121 Å². The summed E-state index contributed by atoms with van der Waals surface area (Å²) >= 11 is 3.46. The van der Waals surface area contributed by atoms with E-state index in [4.69, 9.17) is 0 Å². The summed E-state index contributed by atoms with van der Waals surface area (Å²) in [6, 6.07) is 7.69. The Morgan fingerprint density at radius 2 is 1.89 bits per heavy atom. The van der Waals surface area contributed by atoms with Crippen molar-refractivity contribution in [3.05, 3.63) is 34.3 Å². The zero-order valence-electron chi connectivity index (χ0n) is 11.1. The Morgan fingerprint density at radius 3 is 2.53 bits per heavy atom. The molecule has 1 atom stereocenters.